The van der Waals surface area contributed by atoms with Crippen LogP contribution in [0.25, 0.3) is 0 Å². The molecule has 2 rings (SSSR count). The van der Waals surface area contributed by atoms with Crippen molar-refractivity contribution in [3.05, 3.63) is 63.4 Å². The molecular formula is C15H13ClFN3O5S. The lowest BCUT2D eigenvalue weighted by Gasteiger charge is -2.17. The van der Waals surface area contributed by atoms with Crippen LogP contribution in [0, 0.1) is 15.9 Å². The maximum atomic E-state index is 13.4. The molecule has 11 heteroatoms. The number of nitrogens with zero attached hydrogens (tertiary/aromatic N) is 2. The molecule has 2 aromatic rings. The molecule has 0 unspecified atom stereocenters. The summed E-state index contributed by atoms with van der Waals surface area (Å²) in [5.41, 5.74) is -0.664. The number of para-hydroxylation sites is 1. The molecule has 0 aliphatic carbocycles. The van der Waals surface area contributed by atoms with Gasteiger partial charge in [-0.05, 0) is 24.3 Å². The average molecular weight is 402 g/mol. The molecule has 0 saturated carbocycles. The molecule has 0 aliphatic heterocycles. The summed E-state index contributed by atoms with van der Waals surface area (Å²) in [4.78, 5) is 21.3. The van der Waals surface area contributed by atoms with Gasteiger partial charge in [-0.2, -0.15) is 8.70 Å². The highest BCUT2D eigenvalue weighted by Gasteiger charge is 2.26. The van der Waals surface area contributed by atoms with Gasteiger partial charge in [0, 0.05) is 13.1 Å². The molecule has 0 atom stereocenters. The predicted octanol–water partition coefficient (Wildman–Crippen LogP) is 2.65. The van der Waals surface area contributed by atoms with Gasteiger partial charge in [0.05, 0.1) is 27.1 Å². The van der Waals surface area contributed by atoms with Crippen molar-refractivity contribution in [2.24, 2.45) is 0 Å². The second-order valence-electron chi connectivity index (χ2n) is 5.16. The average Bonchev–Trinajstić information content (AvgIpc) is 2.56. The number of nitro benzene ring substituents is 1. The van der Waals surface area contributed by atoms with Crippen LogP contribution in [0.2, 0.25) is 5.02 Å². The molecular weight excluding hydrogens is 389 g/mol. The highest BCUT2D eigenvalue weighted by molar-refractivity contribution is 7.89. The lowest BCUT2D eigenvalue weighted by molar-refractivity contribution is -0.387. The van der Waals surface area contributed by atoms with E-state index >= 15 is 0 Å². The minimum absolute atomic E-state index is 0.278. The molecule has 26 heavy (non-hydrogen) atoms. The van der Waals surface area contributed by atoms with E-state index in [1.54, 1.807) is 18.2 Å². The molecule has 138 valence electrons. The molecule has 0 bridgehead atoms. The number of nitrogens with one attached hydrogen (secondary N) is 1. The van der Waals surface area contributed by atoms with Crippen LogP contribution in [-0.4, -0.2) is 37.1 Å². The first-order chi connectivity index (χ1) is 12.1. The maximum absolute atomic E-state index is 13.4. The Morgan fingerprint density at radius 3 is 2.58 bits per heavy atom. The van der Waals surface area contributed by atoms with E-state index < -0.39 is 43.8 Å². The zero-order valence-corrected chi connectivity index (χ0v) is 14.9. The second kappa shape index (κ2) is 7.77. The molecule has 0 fully saturated rings. The third-order valence-corrected chi connectivity index (χ3v) is 5.47. The van der Waals surface area contributed by atoms with Crippen molar-refractivity contribution >= 4 is 38.9 Å². The Hall–Kier alpha value is -2.56. The van der Waals surface area contributed by atoms with Crippen LogP contribution in [0.3, 0.4) is 0 Å². The fourth-order valence-electron chi connectivity index (χ4n) is 2.01. The first-order valence-electron chi connectivity index (χ1n) is 7.07. The summed E-state index contributed by atoms with van der Waals surface area (Å²) in [6.07, 6.45) is 0. The summed E-state index contributed by atoms with van der Waals surface area (Å²) in [6.45, 7) is -0.571. The van der Waals surface area contributed by atoms with Crippen LogP contribution in [0.15, 0.2) is 47.4 Å². The molecule has 0 saturated heterocycles. The number of benzene rings is 2. The highest BCUT2D eigenvalue weighted by Crippen LogP contribution is 2.24. The Morgan fingerprint density at radius 1 is 1.31 bits per heavy atom. The number of carbonyl (C=O) groups excluding carboxylic acids is 1. The third kappa shape index (κ3) is 4.34. The van der Waals surface area contributed by atoms with Crippen LogP contribution in [-0.2, 0) is 14.8 Å². The SMILES string of the molecule is CN(CC(=O)Nc1ccccc1Cl)S(=O)(=O)c1ccc(F)c([N+](=O)[O-])c1. The molecule has 0 aliphatic rings. The van der Waals surface area contributed by atoms with Crippen molar-refractivity contribution in [2.45, 2.75) is 4.90 Å². The summed E-state index contributed by atoms with van der Waals surface area (Å²) >= 11 is 5.91. The first kappa shape index (κ1) is 19.8. The van der Waals surface area contributed by atoms with E-state index in [0.717, 1.165) is 13.1 Å². The maximum Gasteiger partial charge on any atom is 0.306 e. The Kier molecular flexibility index (Phi) is 5.90. The van der Waals surface area contributed by atoms with Crippen molar-refractivity contribution in [3.8, 4) is 0 Å². The largest absolute Gasteiger partial charge is 0.324 e. The van der Waals surface area contributed by atoms with Crippen molar-refractivity contribution in [1.29, 1.82) is 0 Å². The Balaban J connectivity index is 2.19. The monoisotopic (exact) mass is 401 g/mol. The second-order valence-corrected chi connectivity index (χ2v) is 7.61. The summed E-state index contributed by atoms with van der Waals surface area (Å²) < 4.78 is 39.0. The lowest BCUT2D eigenvalue weighted by atomic mass is 10.3. The van der Waals surface area contributed by atoms with Gasteiger partial charge in [0.1, 0.15) is 0 Å². The van der Waals surface area contributed by atoms with Gasteiger partial charge in [0.15, 0.2) is 0 Å². The number of likely N-dealkylation sites (N-methyl/N-ethyl adjacent to an activating group) is 1. The Morgan fingerprint density at radius 2 is 1.96 bits per heavy atom. The number of hydrogen-bond donors (Lipinski definition) is 1. The molecule has 0 heterocycles. The van der Waals surface area contributed by atoms with Gasteiger partial charge < -0.3 is 5.32 Å². The number of sulfonamides is 1. The molecule has 0 aromatic heterocycles. The predicted molar refractivity (Wildman–Crippen MR) is 93.0 cm³/mol. The number of halogens is 2. The topological polar surface area (TPSA) is 110 Å². The summed E-state index contributed by atoms with van der Waals surface area (Å²) in [6, 6.07) is 8.57. The van der Waals surface area contributed by atoms with Crippen molar-refractivity contribution < 1.29 is 22.5 Å². The molecule has 0 radical (unpaired) electrons. The number of amides is 1. The van der Waals surface area contributed by atoms with Gasteiger partial charge in [-0.15, -0.1) is 0 Å². The normalized spacial score (nSPS) is 11.4. The summed E-state index contributed by atoms with van der Waals surface area (Å²) in [5, 5.41) is 13.5. The van der Waals surface area contributed by atoms with Crippen molar-refractivity contribution in [1.82, 2.24) is 4.31 Å². The van der Waals surface area contributed by atoms with Crippen LogP contribution >= 0.6 is 11.6 Å². The van der Waals surface area contributed by atoms with Gasteiger partial charge in [-0.1, -0.05) is 23.7 Å². The van der Waals surface area contributed by atoms with Gasteiger partial charge in [0.25, 0.3) is 0 Å². The summed E-state index contributed by atoms with van der Waals surface area (Å²) in [5.74, 6) is -1.83. The minimum atomic E-state index is -4.24. The zero-order chi connectivity index (χ0) is 19.5. The fraction of sp³-hybridized carbons (Fsp3) is 0.133. The van der Waals surface area contributed by atoms with Crippen molar-refractivity contribution in [2.75, 3.05) is 18.9 Å². The summed E-state index contributed by atoms with van der Waals surface area (Å²) in [7, 11) is -3.12. The smallest absolute Gasteiger partial charge is 0.306 e. The number of carbonyl (C=O) groups is 1. The molecule has 2 aromatic carbocycles. The lowest BCUT2D eigenvalue weighted by Crippen LogP contribution is -2.35. The van der Waals surface area contributed by atoms with Crippen LogP contribution in [0.1, 0.15) is 0 Å². The van der Waals surface area contributed by atoms with E-state index in [-0.39, 0.29) is 5.02 Å². The van der Waals surface area contributed by atoms with E-state index in [1.165, 1.54) is 6.07 Å². The Labute approximate surface area is 153 Å². The van der Waals surface area contributed by atoms with Crippen LogP contribution < -0.4 is 5.32 Å². The molecule has 8 nitrogen and oxygen atoms in total. The number of anilines is 1. The number of hydrogen-bond acceptors (Lipinski definition) is 5. The quantitative estimate of drug-likeness (QED) is 0.591. The number of nitro groups is 1. The molecule has 1 amide bonds. The van der Waals surface area contributed by atoms with Gasteiger partial charge in [0.2, 0.25) is 21.7 Å². The zero-order valence-electron chi connectivity index (χ0n) is 13.3. The first-order valence-corrected chi connectivity index (χ1v) is 8.89. The third-order valence-electron chi connectivity index (χ3n) is 3.34. The van der Waals surface area contributed by atoms with Crippen molar-refractivity contribution in [3.63, 3.8) is 0 Å². The van der Waals surface area contributed by atoms with Crippen LogP contribution in [0.4, 0.5) is 15.8 Å². The van der Waals surface area contributed by atoms with E-state index in [0.29, 0.717) is 22.1 Å². The fourth-order valence-corrected chi connectivity index (χ4v) is 3.34. The van der Waals surface area contributed by atoms with Gasteiger partial charge in [-0.25, -0.2) is 8.42 Å². The number of rotatable bonds is 6. The minimum Gasteiger partial charge on any atom is -0.324 e. The van der Waals surface area contributed by atoms with E-state index in [9.17, 15) is 27.7 Å². The van der Waals surface area contributed by atoms with E-state index in [1.807, 2.05) is 0 Å². The molecule has 1 N–H and O–H groups in total. The van der Waals surface area contributed by atoms with Gasteiger partial charge >= 0.3 is 5.69 Å². The van der Waals surface area contributed by atoms with Gasteiger partial charge in [-0.3, -0.25) is 14.9 Å². The standard InChI is InChI=1S/C15H13ClFN3O5S/c1-19(9-15(21)18-13-5-3-2-4-11(13)16)26(24,25)10-6-7-12(17)14(8-10)20(22)23/h2-8H,9H2,1H3,(H,18,21). The van der Waals surface area contributed by atoms with E-state index in [2.05, 4.69) is 5.32 Å². The van der Waals surface area contributed by atoms with Crippen LogP contribution in [0.5, 0.6) is 0 Å². The highest BCUT2D eigenvalue weighted by atomic mass is 35.5. The molecule has 0 spiro atoms. The Bertz CT molecular complexity index is 968. The van der Waals surface area contributed by atoms with E-state index in [4.69, 9.17) is 11.6 Å².